The standard InChI is InChI=1S/C15H19N3O2.ClH/c1-10-9-16-6-7-18(10)15(20)12-8-14(19)17-13-5-3-2-4-11(12)13;/h2-5,10,12,16H,6-9H2,1H3,(H,17,19);1H. The van der Waals surface area contributed by atoms with Crippen LogP contribution in [0.4, 0.5) is 5.69 Å². The van der Waals surface area contributed by atoms with Crippen LogP contribution < -0.4 is 10.6 Å². The lowest BCUT2D eigenvalue weighted by Crippen LogP contribution is -2.54. The Morgan fingerprint density at radius 1 is 1.33 bits per heavy atom. The van der Waals surface area contributed by atoms with Gasteiger partial charge in [0, 0.05) is 37.8 Å². The Kier molecular flexibility index (Phi) is 4.85. The van der Waals surface area contributed by atoms with Crippen molar-refractivity contribution < 1.29 is 9.59 Å². The first kappa shape index (κ1) is 15.8. The summed E-state index contributed by atoms with van der Waals surface area (Å²) < 4.78 is 0. The van der Waals surface area contributed by atoms with E-state index in [0.29, 0.717) is 6.54 Å². The van der Waals surface area contributed by atoms with Crippen molar-refractivity contribution in [3.8, 4) is 0 Å². The third-order valence-electron chi connectivity index (χ3n) is 4.08. The summed E-state index contributed by atoms with van der Waals surface area (Å²) in [6, 6.07) is 7.75. The highest BCUT2D eigenvalue weighted by molar-refractivity contribution is 6.01. The highest BCUT2D eigenvalue weighted by Gasteiger charge is 2.35. The molecule has 2 aliphatic rings. The molecule has 0 saturated carbocycles. The smallest absolute Gasteiger partial charge is 0.231 e. The molecule has 2 atom stereocenters. The minimum Gasteiger partial charge on any atom is -0.337 e. The maximum absolute atomic E-state index is 12.8. The molecule has 0 bridgehead atoms. The molecule has 21 heavy (non-hydrogen) atoms. The van der Waals surface area contributed by atoms with E-state index in [1.807, 2.05) is 36.1 Å². The van der Waals surface area contributed by atoms with Crippen molar-refractivity contribution >= 4 is 29.9 Å². The molecule has 1 fully saturated rings. The Morgan fingerprint density at radius 3 is 2.86 bits per heavy atom. The van der Waals surface area contributed by atoms with Gasteiger partial charge in [0.05, 0.1) is 5.92 Å². The first-order valence-electron chi connectivity index (χ1n) is 7.07. The van der Waals surface area contributed by atoms with Gasteiger partial charge in [-0.05, 0) is 18.6 Å². The number of fused-ring (bicyclic) bond motifs is 1. The monoisotopic (exact) mass is 309 g/mol. The topological polar surface area (TPSA) is 61.4 Å². The van der Waals surface area contributed by atoms with E-state index in [-0.39, 0.29) is 42.6 Å². The molecule has 0 radical (unpaired) electrons. The van der Waals surface area contributed by atoms with Crippen LogP contribution in [0.5, 0.6) is 0 Å². The van der Waals surface area contributed by atoms with Gasteiger partial charge in [0.25, 0.3) is 0 Å². The van der Waals surface area contributed by atoms with Gasteiger partial charge in [0.2, 0.25) is 11.8 Å². The lowest BCUT2D eigenvalue weighted by atomic mass is 9.89. The molecule has 2 amide bonds. The summed E-state index contributed by atoms with van der Waals surface area (Å²) in [5, 5.41) is 6.11. The van der Waals surface area contributed by atoms with Gasteiger partial charge >= 0.3 is 0 Å². The van der Waals surface area contributed by atoms with Crippen molar-refractivity contribution in [2.24, 2.45) is 0 Å². The molecular weight excluding hydrogens is 290 g/mol. The minimum atomic E-state index is -0.347. The van der Waals surface area contributed by atoms with Gasteiger partial charge in [-0.25, -0.2) is 0 Å². The average molecular weight is 310 g/mol. The first-order valence-corrected chi connectivity index (χ1v) is 7.07. The van der Waals surface area contributed by atoms with E-state index in [1.165, 1.54) is 0 Å². The van der Waals surface area contributed by atoms with Gasteiger partial charge in [-0.15, -0.1) is 12.4 Å². The lowest BCUT2D eigenvalue weighted by molar-refractivity contribution is -0.137. The van der Waals surface area contributed by atoms with Crippen LogP contribution in [0.2, 0.25) is 0 Å². The summed E-state index contributed by atoms with van der Waals surface area (Å²) in [5.74, 6) is -0.355. The molecule has 1 aromatic carbocycles. The zero-order valence-corrected chi connectivity index (χ0v) is 12.8. The largest absolute Gasteiger partial charge is 0.337 e. The molecule has 2 N–H and O–H groups in total. The summed E-state index contributed by atoms with van der Waals surface area (Å²) in [4.78, 5) is 26.5. The SMILES string of the molecule is CC1CNCCN1C(=O)C1CC(=O)Nc2ccccc21.Cl. The number of anilines is 1. The van der Waals surface area contributed by atoms with Crippen LogP contribution >= 0.6 is 12.4 Å². The minimum absolute atomic E-state index is 0. The van der Waals surface area contributed by atoms with E-state index in [2.05, 4.69) is 10.6 Å². The van der Waals surface area contributed by atoms with Crippen molar-refractivity contribution in [1.29, 1.82) is 0 Å². The molecule has 6 heteroatoms. The van der Waals surface area contributed by atoms with Crippen molar-refractivity contribution in [1.82, 2.24) is 10.2 Å². The van der Waals surface area contributed by atoms with Crippen molar-refractivity contribution in [2.75, 3.05) is 25.0 Å². The number of rotatable bonds is 1. The molecular formula is C15H20ClN3O2. The Hall–Kier alpha value is -1.59. The van der Waals surface area contributed by atoms with E-state index in [1.54, 1.807) is 0 Å². The quantitative estimate of drug-likeness (QED) is 0.823. The zero-order valence-electron chi connectivity index (χ0n) is 12.0. The van der Waals surface area contributed by atoms with E-state index < -0.39 is 0 Å². The molecule has 3 rings (SSSR count). The lowest BCUT2D eigenvalue weighted by Gasteiger charge is -2.37. The summed E-state index contributed by atoms with van der Waals surface area (Å²) >= 11 is 0. The van der Waals surface area contributed by atoms with E-state index in [0.717, 1.165) is 24.3 Å². The summed E-state index contributed by atoms with van der Waals surface area (Å²) in [7, 11) is 0. The summed E-state index contributed by atoms with van der Waals surface area (Å²) in [5.41, 5.74) is 1.70. The van der Waals surface area contributed by atoms with Gasteiger partial charge in [-0.3, -0.25) is 9.59 Å². The molecule has 0 aliphatic carbocycles. The number of amides is 2. The molecule has 0 spiro atoms. The van der Waals surface area contributed by atoms with Crippen molar-refractivity contribution in [3.63, 3.8) is 0 Å². The fourth-order valence-corrected chi connectivity index (χ4v) is 3.00. The molecule has 2 aliphatic heterocycles. The van der Waals surface area contributed by atoms with E-state index in [4.69, 9.17) is 0 Å². The van der Waals surface area contributed by atoms with E-state index in [9.17, 15) is 9.59 Å². The maximum Gasteiger partial charge on any atom is 0.231 e. The Labute approximate surface area is 130 Å². The van der Waals surface area contributed by atoms with E-state index >= 15 is 0 Å². The first-order chi connectivity index (χ1) is 9.66. The van der Waals surface area contributed by atoms with Crippen LogP contribution in [0.1, 0.15) is 24.8 Å². The number of benzene rings is 1. The number of carbonyl (C=O) groups excluding carboxylic acids is 2. The normalized spacial score (nSPS) is 24.6. The molecule has 5 nitrogen and oxygen atoms in total. The fourth-order valence-electron chi connectivity index (χ4n) is 3.00. The fraction of sp³-hybridized carbons (Fsp3) is 0.467. The predicted molar refractivity (Wildman–Crippen MR) is 83.7 cm³/mol. The van der Waals surface area contributed by atoms with Gasteiger partial charge in [0.15, 0.2) is 0 Å². The van der Waals surface area contributed by atoms with Gasteiger partial charge < -0.3 is 15.5 Å². The van der Waals surface area contributed by atoms with Crippen LogP contribution in [0.25, 0.3) is 0 Å². The van der Waals surface area contributed by atoms with Crippen molar-refractivity contribution in [2.45, 2.75) is 25.3 Å². The zero-order chi connectivity index (χ0) is 14.1. The number of hydrogen-bond donors (Lipinski definition) is 2. The highest BCUT2D eigenvalue weighted by Crippen LogP contribution is 2.33. The predicted octanol–water partition coefficient (Wildman–Crippen LogP) is 1.35. The average Bonchev–Trinajstić information content (AvgIpc) is 2.46. The van der Waals surface area contributed by atoms with Crippen LogP contribution in [0.3, 0.4) is 0 Å². The highest BCUT2D eigenvalue weighted by atomic mass is 35.5. The van der Waals surface area contributed by atoms with Crippen LogP contribution in [0.15, 0.2) is 24.3 Å². The second kappa shape index (κ2) is 6.45. The number of carbonyl (C=O) groups is 2. The number of nitrogens with zero attached hydrogens (tertiary/aromatic N) is 1. The summed E-state index contributed by atoms with van der Waals surface area (Å²) in [6.45, 7) is 4.38. The number of halogens is 1. The second-order valence-corrected chi connectivity index (χ2v) is 5.48. The Balaban J connectivity index is 0.00000161. The number of para-hydroxylation sites is 1. The molecule has 1 aromatic rings. The molecule has 0 aromatic heterocycles. The molecule has 2 heterocycles. The van der Waals surface area contributed by atoms with Crippen molar-refractivity contribution in [3.05, 3.63) is 29.8 Å². The maximum atomic E-state index is 12.8. The van der Waals surface area contributed by atoms with Crippen LogP contribution in [-0.2, 0) is 9.59 Å². The third kappa shape index (κ3) is 3.04. The van der Waals surface area contributed by atoms with Crippen LogP contribution in [-0.4, -0.2) is 42.4 Å². The number of hydrogen-bond acceptors (Lipinski definition) is 3. The van der Waals surface area contributed by atoms with Gasteiger partial charge in [-0.1, -0.05) is 18.2 Å². The van der Waals surface area contributed by atoms with Gasteiger partial charge in [0.1, 0.15) is 0 Å². The molecule has 114 valence electrons. The third-order valence-corrected chi connectivity index (χ3v) is 4.08. The summed E-state index contributed by atoms with van der Waals surface area (Å²) in [6.07, 6.45) is 0.243. The Bertz CT molecular complexity index is 549. The number of nitrogens with one attached hydrogen (secondary N) is 2. The van der Waals surface area contributed by atoms with Gasteiger partial charge in [-0.2, -0.15) is 0 Å². The number of piperazine rings is 1. The molecule has 1 saturated heterocycles. The second-order valence-electron chi connectivity index (χ2n) is 5.48. The Morgan fingerprint density at radius 2 is 2.10 bits per heavy atom. The molecule has 2 unspecified atom stereocenters. The van der Waals surface area contributed by atoms with Crippen LogP contribution in [0, 0.1) is 0 Å².